The number of aliphatic hydroxyl groups excluding tert-OH is 1. The Balaban J connectivity index is 0.000000168. The highest BCUT2D eigenvalue weighted by atomic mass is 32.2. The number of rotatable bonds is 8. The second-order valence-electron chi connectivity index (χ2n) is 23.2. The number of hydrogen-bond donors (Lipinski definition) is 5. The van der Waals surface area contributed by atoms with E-state index >= 15 is 0 Å². The number of hydrogen-bond acceptors (Lipinski definition) is 13. The van der Waals surface area contributed by atoms with Gasteiger partial charge >= 0.3 is 0 Å². The van der Waals surface area contributed by atoms with Crippen LogP contribution in [0, 0.1) is 34.5 Å². The number of fused-ring (bicyclic) bond motifs is 10. The summed E-state index contributed by atoms with van der Waals surface area (Å²) in [5.41, 5.74) is 0.776. The number of aromatic amines is 1. The first-order valence-corrected chi connectivity index (χ1v) is 27.8. The number of likely N-dealkylation sites (tertiary alicyclic amines) is 1. The summed E-state index contributed by atoms with van der Waals surface area (Å²) in [5, 5.41) is 38.9. The number of amides is 3. The number of benzene rings is 2. The summed E-state index contributed by atoms with van der Waals surface area (Å²) in [6.07, 6.45) is 13.0. The molecule has 5 N–H and O–H groups in total. The predicted molar refractivity (Wildman–Crippen MR) is 266 cm³/mol. The van der Waals surface area contributed by atoms with Gasteiger partial charge in [-0.3, -0.25) is 37.8 Å². The maximum atomic E-state index is 14.2. The topological polar surface area (TPSA) is 236 Å². The lowest BCUT2D eigenvalue weighted by atomic mass is 9.46. The van der Waals surface area contributed by atoms with Crippen LogP contribution in [0.4, 0.5) is 0 Å². The number of allylic oxidation sites excluding steroid dienone is 4. The van der Waals surface area contributed by atoms with E-state index in [1.54, 1.807) is 17.1 Å². The molecule has 4 aliphatic heterocycles. The number of H-pyrrole nitrogens is 1. The average Bonchev–Trinajstić information content (AvgIpc) is 4.11. The third-order valence-corrected chi connectivity index (χ3v) is 19.7. The van der Waals surface area contributed by atoms with E-state index in [9.17, 15) is 47.7 Å². The number of nitrogens with zero attached hydrogens (tertiary/aromatic N) is 3. The van der Waals surface area contributed by atoms with Crippen LogP contribution in [0.15, 0.2) is 78.5 Å². The van der Waals surface area contributed by atoms with Gasteiger partial charge in [0.15, 0.2) is 11.6 Å². The van der Waals surface area contributed by atoms with E-state index in [0.29, 0.717) is 38.8 Å². The molecule has 9 aliphatic rings. The number of aliphatic hydroxyl groups is 3. The van der Waals surface area contributed by atoms with E-state index in [-0.39, 0.29) is 72.5 Å². The van der Waals surface area contributed by atoms with Crippen molar-refractivity contribution in [2.75, 3.05) is 33.0 Å². The van der Waals surface area contributed by atoms with Crippen LogP contribution in [0.3, 0.4) is 0 Å². The van der Waals surface area contributed by atoms with Crippen molar-refractivity contribution in [1.82, 2.24) is 25.0 Å². The number of carbonyl (C=O) groups excluding carboxylic acids is 5. The Morgan fingerprint density at radius 1 is 1.01 bits per heavy atom. The first-order chi connectivity index (χ1) is 34.5. The van der Waals surface area contributed by atoms with Crippen LogP contribution in [0.1, 0.15) is 94.7 Å². The summed E-state index contributed by atoms with van der Waals surface area (Å²) in [5.74, 6) is -3.96. The standard InChI is InChI=1S/C33H37N5O5.C22H30O7S/c1-32(35-29(39)21-15-23-22-10-6-11-24-28(22)20(17-34-24)16-25(23)36(2)18-21)31(41)38-26(14-19-8-4-3-5-9-19)30(40)37-13-7-12-27(37)33(38,42)43-32;1-20-8-6-14(23)10-13(20)4-5-15-16-7-9-22(26,18(25)12-29-30(3,27)28)21(16,2)11-17(24)19(15)20/h3-6,8-11,17,21,23,25-27,34,42H,7,12-16,18H2,1-2H3,(H,35,39);6,8,10,15-17,19,24,26H,4-5,7,9,11-12H2,1-3H3/t21-,23?,25-,26+,27+,32-,33+;15-,16-,17?,19+,20-,21-,22-/m10/s1. The van der Waals surface area contributed by atoms with E-state index in [0.717, 1.165) is 42.2 Å². The molecular weight excluding hydrogens is 955 g/mol. The number of ketones is 2. The minimum atomic E-state index is -3.80. The molecule has 0 radical (unpaired) electrons. The Hall–Kier alpha value is -5.08. The molecule has 3 saturated carbocycles. The van der Waals surface area contributed by atoms with E-state index in [4.69, 9.17) is 4.74 Å². The summed E-state index contributed by atoms with van der Waals surface area (Å²) < 4.78 is 33.6. The summed E-state index contributed by atoms with van der Waals surface area (Å²) in [6.45, 7) is 5.77. The molecule has 0 spiro atoms. The molecule has 7 fully saturated rings. The number of aromatic nitrogens is 1. The minimum Gasteiger partial charge on any atom is -0.393 e. The maximum absolute atomic E-state index is 14.2. The normalized spacial score (nSPS) is 39.4. The number of ether oxygens (including phenoxy) is 1. The van der Waals surface area contributed by atoms with E-state index in [2.05, 4.69) is 57.8 Å². The second-order valence-corrected chi connectivity index (χ2v) is 24.8. The van der Waals surface area contributed by atoms with Gasteiger partial charge in [0.2, 0.25) is 17.5 Å². The molecule has 14 atom stereocenters. The van der Waals surface area contributed by atoms with Gasteiger partial charge in [-0.25, -0.2) is 0 Å². The zero-order valence-corrected chi connectivity index (χ0v) is 42.9. The lowest BCUT2D eigenvalue weighted by Gasteiger charge is -2.59. The number of piperazine rings is 1. The lowest BCUT2D eigenvalue weighted by molar-refractivity contribution is -0.315. The summed E-state index contributed by atoms with van der Waals surface area (Å²) in [4.78, 5) is 75.2. The van der Waals surface area contributed by atoms with E-state index < -0.39 is 74.7 Å². The van der Waals surface area contributed by atoms with Gasteiger partial charge in [-0.05, 0) is 119 Å². The molecule has 390 valence electrons. The molecule has 2 unspecified atom stereocenters. The third kappa shape index (κ3) is 7.82. The van der Waals surface area contributed by atoms with Gasteiger partial charge < -0.3 is 35.4 Å². The zero-order valence-electron chi connectivity index (χ0n) is 42.1. The number of Topliss-reactive ketones (excluding diaryl/α,β-unsaturated/α-hetero) is 1. The lowest BCUT2D eigenvalue weighted by Crippen LogP contribution is -2.71. The molecule has 5 heterocycles. The van der Waals surface area contributed by atoms with Gasteiger partial charge in [0, 0.05) is 65.3 Å². The molecule has 2 aromatic carbocycles. The van der Waals surface area contributed by atoms with E-state index in [1.165, 1.54) is 28.3 Å². The number of nitrogens with one attached hydrogen (secondary N) is 2. The van der Waals surface area contributed by atoms with Crippen molar-refractivity contribution >= 4 is 50.3 Å². The van der Waals surface area contributed by atoms with Gasteiger partial charge in [-0.1, -0.05) is 68.0 Å². The molecule has 4 saturated heterocycles. The Morgan fingerprint density at radius 3 is 2.53 bits per heavy atom. The molecule has 1 aromatic heterocycles. The fourth-order valence-electron chi connectivity index (χ4n) is 15.7. The van der Waals surface area contributed by atoms with Crippen molar-refractivity contribution in [2.45, 2.75) is 132 Å². The van der Waals surface area contributed by atoms with Gasteiger partial charge in [-0.2, -0.15) is 8.42 Å². The van der Waals surface area contributed by atoms with Crippen LogP contribution in [-0.2, 0) is 55.9 Å². The Kier molecular flexibility index (Phi) is 12.0. The van der Waals surface area contributed by atoms with Crippen LogP contribution in [-0.4, -0.2) is 147 Å². The molecule has 18 heteroatoms. The highest BCUT2D eigenvalue weighted by Crippen LogP contribution is 2.67. The quantitative estimate of drug-likeness (QED) is 0.203. The zero-order chi connectivity index (χ0) is 51.8. The monoisotopic (exact) mass is 1020 g/mol. The number of piperidine rings is 1. The van der Waals surface area contributed by atoms with Crippen LogP contribution < -0.4 is 5.32 Å². The predicted octanol–water partition coefficient (Wildman–Crippen LogP) is 3.62. The smallest absolute Gasteiger partial charge is 0.280 e. The average molecular weight is 1020 g/mol. The van der Waals surface area contributed by atoms with Gasteiger partial charge in [-0.15, -0.1) is 0 Å². The van der Waals surface area contributed by atoms with Gasteiger partial charge in [0.05, 0.1) is 18.3 Å². The van der Waals surface area contributed by atoms with Crippen molar-refractivity contribution in [3.63, 3.8) is 0 Å². The molecule has 3 amide bonds. The minimum absolute atomic E-state index is 0.0162. The van der Waals surface area contributed by atoms with Crippen LogP contribution in [0.5, 0.6) is 0 Å². The Morgan fingerprint density at radius 2 is 1.78 bits per heavy atom. The molecule has 0 bridgehead atoms. The summed E-state index contributed by atoms with van der Waals surface area (Å²) >= 11 is 0. The second kappa shape index (κ2) is 17.5. The molecule has 5 aliphatic carbocycles. The van der Waals surface area contributed by atoms with Crippen molar-refractivity contribution in [3.8, 4) is 0 Å². The highest BCUT2D eigenvalue weighted by Gasteiger charge is 2.71. The Bertz CT molecular complexity index is 2980. The fourth-order valence-corrected chi connectivity index (χ4v) is 16.0. The maximum Gasteiger partial charge on any atom is 0.280 e. The van der Waals surface area contributed by atoms with Crippen LogP contribution in [0.2, 0.25) is 0 Å². The first kappa shape index (κ1) is 50.1. The molecule has 12 rings (SSSR count). The fraction of sp³-hybridized carbons (Fsp3) is 0.582. The first-order valence-electron chi connectivity index (χ1n) is 25.9. The summed E-state index contributed by atoms with van der Waals surface area (Å²) in [7, 11) is -1.74. The van der Waals surface area contributed by atoms with Crippen LogP contribution in [0.25, 0.3) is 10.9 Å². The van der Waals surface area contributed by atoms with E-state index in [1.807, 2.05) is 43.3 Å². The van der Waals surface area contributed by atoms with Gasteiger partial charge in [0.25, 0.3) is 21.9 Å². The third-order valence-electron chi connectivity index (χ3n) is 19.1. The van der Waals surface area contributed by atoms with Crippen molar-refractivity contribution in [3.05, 3.63) is 95.2 Å². The number of likely N-dealkylation sites (N-methyl/N-ethyl adjacent to an activating group) is 1. The van der Waals surface area contributed by atoms with Gasteiger partial charge in [0.1, 0.15) is 24.3 Å². The highest BCUT2D eigenvalue weighted by molar-refractivity contribution is 7.86. The largest absolute Gasteiger partial charge is 0.393 e. The number of carbonyl (C=O) groups is 5. The summed E-state index contributed by atoms with van der Waals surface area (Å²) in [6, 6.07) is 14.4. The van der Waals surface area contributed by atoms with Crippen LogP contribution >= 0.6 is 0 Å². The van der Waals surface area contributed by atoms with Crippen molar-refractivity contribution in [1.29, 1.82) is 0 Å². The van der Waals surface area contributed by atoms with Crippen molar-refractivity contribution in [2.24, 2.45) is 34.5 Å². The molecule has 17 nitrogen and oxygen atoms in total. The molecule has 73 heavy (non-hydrogen) atoms. The molecule has 3 aromatic rings. The van der Waals surface area contributed by atoms with Crippen molar-refractivity contribution < 1.29 is 56.6 Å². The SMILES string of the molecule is CN1C[C@H](C(=O)N[C@]2(C)O[C@@]3(O)[C@@H]4CCCN4C(=O)[C@H](Cc4ccccc4)N3C2=O)CC2c3cccc4[nH]cc(c34)C[C@H]21.C[C@]12C=CC(=O)C=C1CC[C@@H]1[C@@H]2C(O)C[C@@]2(C)[C@H]1CC[C@]2(O)C(=O)COS(C)(=O)=O. The Labute approximate surface area is 425 Å². The molecular formula is C55H67N5O12S.